The van der Waals surface area contributed by atoms with Gasteiger partial charge in [-0.3, -0.25) is 4.79 Å². The van der Waals surface area contributed by atoms with Crippen LogP contribution in [0.25, 0.3) is 0 Å². The van der Waals surface area contributed by atoms with Crippen LogP contribution in [0.2, 0.25) is 0 Å². The normalized spacial score (nSPS) is 15.2. The number of ether oxygens (including phenoxy) is 2. The molecule has 28 heavy (non-hydrogen) atoms. The molecule has 1 unspecified atom stereocenters. The van der Waals surface area contributed by atoms with E-state index in [0.29, 0.717) is 31.1 Å². The van der Waals surface area contributed by atoms with E-state index in [2.05, 4.69) is 14.9 Å². The maximum absolute atomic E-state index is 12.7. The fourth-order valence-corrected chi connectivity index (χ4v) is 3.38. The average molecular weight is 386 g/mol. The number of nitrogens with one attached hydrogen (secondary N) is 1. The molecule has 1 saturated heterocycles. The Kier molecular flexibility index (Phi) is 6.65. The number of aromatic nitrogens is 2. The molecule has 1 aromatic heterocycles. The molecule has 0 aliphatic carbocycles. The topological polar surface area (TPSA) is 72.2 Å². The van der Waals surface area contributed by atoms with Crippen molar-refractivity contribution in [3.8, 4) is 11.5 Å². The Hall–Kier alpha value is -2.87. The highest BCUT2D eigenvalue weighted by Crippen LogP contribution is 2.27. The van der Waals surface area contributed by atoms with Gasteiger partial charge in [0.25, 0.3) is 5.91 Å². The van der Waals surface area contributed by atoms with E-state index in [9.17, 15) is 4.79 Å². The second-order valence-electron chi connectivity index (χ2n) is 6.92. The second-order valence-corrected chi connectivity index (χ2v) is 6.92. The highest BCUT2D eigenvalue weighted by atomic mass is 16.5. The van der Waals surface area contributed by atoms with E-state index in [-0.39, 0.29) is 5.91 Å². The summed E-state index contributed by atoms with van der Waals surface area (Å²) in [6.45, 7) is 4.09. The summed E-state index contributed by atoms with van der Waals surface area (Å²) in [6, 6.07) is 7.67. The van der Waals surface area contributed by atoms with E-state index in [0.717, 1.165) is 36.0 Å². The molecule has 8 nitrogen and oxygen atoms in total. The molecule has 1 N–H and O–H groups in total. The fraction of sp³-hybridized carbons (Fsp3) is 0.450. The van der Waals surface area contributed by atoms with Gasteiger partial charge in [-0.25, -0.2) is 9.97 Å². The van der Waals surface area contributed by atoms with Crippen LogP contribution in [0.5, 0.6) is 11.5 Å². The number of carbonyl (C=O) groups excluding carboxylic acids is 1. The molecule has 2 aromatic rings. The quantitative estimate of drug-likeness (QED) is 0.714. The van der Waals surface area contributed by atoms with Gasteiger partial charge in [0.2, 0.25) is 5.95 Å². The van der Waals surface area contributed by atoms with Gasteiger partial charge < -0.3 is 24.2 Å². The molecule has 1 aliphatic heterocycles. The number of piperazine rings is 1. The molecule has 8 heteroatoms. The summed E-state index contributed by atoms with van der Waals surface area (Å²) in [6.07, 6.45) is 3.48. The molecular formula is C20H28N5O3+. The number of hydrogen-bond donors (Lipinski definition) is 1. The molecule has 2 heterocycles. The molecule has 1 aromatic carbocycles. The van der Waals surface area contributed by atoms with Crippen LogP contribution < -0.4 is 19.3 Å². The largest absolute Gasteiger partial charge is 0.493 e. The Morgan fingerprint density at radius 2 is 1.75 bits per heavy atom. The summed E-state index contributed by atoms with van der Waals surface area (Å²) in [5.41, 5.74) is 1.11. The molecule has 0 bridgehead atoms. The molecule has 3 rings (SSSR count). The van der Waals surface area contributed by atoms with Crippen molar-refractivity contribution in [2.45, 2.75) is 6.54 Å². The molecule has 1 fully saturated rings. The molecule has 1 aliphatic rings. The second kappa shape index (κ2) is 9.36. The van der Waals surface area contributed by atoms with Crippen molar-refractivity contribution in [3.05, 3.63) is 42.2 Å². The van der Waals surface area contributed by atoms with Gasteiger partial charge in [-0.1, -0.05) is 0 Å². The van der Waals surface area contributed by atoms with Crippen LogP contribution in [-0.2, 0) is 11.3 Å². The Morgan fingerprint density at radius 1 is 1.07 bits per heavy atom. The molecule has 0 radical (unpaired) electrons. The minimum atomic E-state index is 0.173. The maximum atomic E-state index is 12.7. The van der Waals surface area contributed by atoms with Crippen molar-refractivity contribution in [1.82, 2.24) is 14.9 Å². The number of hydrogen-bond acceptors (Lipinski definition) is 6. The van der Waals surface area contributed by atoms with Crippen LogP contribution in [0.3, 0.4) is 0 Å². The number of rotatable bonds is 7. The SMILES string of the molecule is COc1ccc(C[NH+](C)CC(=O)N2CCN(c3ncccn3)CC2)cc1OC. The minimum Gasteiger partial charge on any atom is -0.493 e. The standard InChI is InChI=1S/C20H27N5O3/c1-23(14-16-5-6-17(27-2)18(13-16)28-3)15-19(26)24-9-11-25(12-10-24)20-21-7-4-8-22-20/h4-8,13H,9-12,14-15H2,1-3H3/p+1. The van der Waals surface area contributed by atoms with Crippen molar-refractivity contribution >= 4 is 11.9 Å². The molecule has 150 valence electrons. The van der Waals surface area contributed by atoms with Gasteiger partial charge in [0.1, 0.15) is 6.54 Å². The smallest absolute Gasteiger partial charge is 0.277 e. The molecule has 0 saturated carbocycles. The van der Waals surface area contributed by atoms with Crippen LogP contribution in [0.15, 0.2) is 36.7 Å². The van der Waals surface area contributed by atoms with Crippen LogP contribution in [0.4, 0.5) is 5.95 Å². The van der Waals surface area contributed by atoms with E-state index in [4.69, 9.17) is 9.47 Å². The van der Waals surface area contributed by atoms with Gasteiger partial charge in [-0.2, -0.15) is 0 Å². The summed E-state index contributed by atoms with van der Waals surface area (Å²) >= 11 is 0. The lowest BCUT2D eigenvalue weighted by Gasteiger charge is -2.34. The monoisotopic (exact) mass is 386 g/mol. The number of likely N-dealkylation sites (N-methyl/N-ethyl adjacent to an activating group) is 1. The number of methoxy groups -OCH3 is 2. The van der Waals surface area contributed by atoms with Gasteiger partial charge in [0.05, 0.1) is 21.3 Å². The van der Waals surface area contributed by atoms with Crippen LogP contribution in [0.1, 0.15) is 5.56 Å². The average Bonchev–Trinajstić information content (AvgIpc) is 2.74. The third-order valence-electron chi connectivity index (χ3n) is 4.87. The predicted octanol–water partition coefficient (Wildman–Crippen LogP) is -0.143. The van der Waals surface area contributed by atoms with Crippen molar-refractivity contribution in [1.29, 1.82) is 0 Å². The van der Waals surface area contributed by atoms with Crippen LogP contribution in [0, 0.1) is 0 Å². The van der Waals surface area contributed by atoms with E-state index < -0.39 is 0 Å². The van der Waals surface area contributed by atoms with Gasteiger partial charge >= 0.3 is 0 Å². The highest BCUT2D eigenvalue weighted by Gasteiger charge is 2.24. The first-order valence-corrected chi connectivity index (χ1v) is 9.42. The lowest BCUT2D eigenvalue weighted by atomic mass is 10.2. The summed E-state index contributed by atoms with van der Waals surface area (Å²) in [7, 11) is 5.28. The zero-order chi connectivity index (χ0) is 19.9. The molecule has 1 amide bonds. The van der Waals surface area contributed by atoms with Crippen molar-refractivity contribution in [3.63, 3.8) is 0 Å². The Labute approximate surface area is 165 Å². The molecular weight excluding hydrogens is 358 g/mol. The van der Waals surface area contributed by atoms with Crippen LogP contribution >= 0.6 is 0 Å². The first kappa shape index (κ1) is 19.9. The summed E-state index contributed by atoms with van der Waals surface area (Å²) in [5.74, 6) is 2.32. The predicted molar refractivity (Wildman–Crippen MR) is 106 cm³/mol. The van der Waals surface area contributed by atoms with Crippen LogP contribution in [-0.4, -0.2) is 74.8 Å². The van der Waals surface area contributed by atoms with Crippen molar-refractivity contribution in [2.75, 3.05) is 58.9 Å². The molecule has 1 atom stereocenters. The Balaban J connectivity index is 1.50. The van der Waals surface area contributed by atoms with Gasteiger partial charge in [-0.05, 0) is 24.3 Å². The number of nitrogens with zero attached hydrogens (tertiary/aromatic N) is 4. The Morgan fingerprint density at radius 3 is 2.39 bits per heavy atom. The number of anilines is 1. The summed E-state index contributed by atoms with van der Waals surface area (Å²) < 4.78 is 10.6. The first-order chi connectivity index (χ1) is 13.6. The van der Waals surface area contributed by atoms with E-state index in [1.54, 1.807) is 32.7 Å². The van der Waals surface area contributed by atoms with Crippen molar-refractivity contribution < 1.29 is 19.2 Å². The van der Waals surface area contributed by atoms with Gasteiger partial charge in [-0.15, -0.1) is 0 Å². The van der Waals surface area contributed by atoms with Gasteiger partial charge in [0.15, 0.2) is 18.0 Å². The minimum absolute atomic E-state index is 0.173. The van der Waals surface area contributed by atoms with Gasteiger partial charge in [0, 0.05) is 44.1 Å². The summed E-state index contributed by atoms with van der Waals surface area (Å²) in [5, 5.41) is 0. The summed E-state index contributed by atoms with van der Waals surface area (Å²) in [4.78, 5) is 26.4. The third-order valence-corrected chi connectivity index (χ3v) is 4.87. The Bertz CT molecular complexity index is 779. The number of carbonyl (C=O) groups is 1. The zero-order valence-corrected chi connectivity index (χ0v) is 16.7. The zero-order valence-electron chi connectivity index (χ0n) is 16.7. The first-order valence-electron chi connectivity index (χ1n) is 9.42. The van der Waals surface area contributed by atoms with E-state index >= 15 is 0 Å². The fourth-order valence-electron chi connectivity index (χ4n) is 3.38. The number of amides is 1. The lowest BCUT2D eigenvalue weighted by Crippen LogP contribution is -3.09. The number of benzene rings is 1. The van der Waals surface area contributed by atoms with Crippen molar-refractivity contribution in [2.24, 2.45) is 0 Å². The lowest BCUT2D eigenvalue weighted by molar-refractivity contribution is -0.885. The molecule has 0 spiro atoms. The maximum Gasteiger partial charge on any atom is 0.277 e. The third kappa shape index (κ3) is 4.89. The van der Waals surface area contributed by atoms with E-state index in [1.807, 2.05) is 30.1 Å². The number of quaternary nitrogens is 1. The highest BCUT2D eigenvalue weighted by molar-refractivity contribution is 5.77. The van der Waals surface area contributed by atoms with E-state index in [1.165, 1.54) is 0 Å².